The Kier molecular flexibility index (Phi) is 5.56. The molecule has 12 aromatic rings. The first-order valence-electron chi connectivity index (χ1n) is 20.1. The minimum Gasteiger partial charge on any atom is -0.456 e. The topological polar surface area (TPSA) is 47.6 Å². The van der Waals surface area contributed by atoms with Crippen molar-refractivity contribution in [2.75, 3.05) is 4.81 Å². The lowest BCUT2D eigenvalue weighted by molar-refractivity contribution is 0.590. The smallest absolute Gasteiger partial charge is 0.333 e. The molecule has 58 heavy (non-hydrogen) atoms. The van der Waals surface area contributed by atoms with E-state index in [1.54, 1.807) is 0 Å². The van der Waals surface area contributed by atoms with Gasteiger partial charge in [-0.25, -0.2) is 0 Å². The highest BCUT2D eigenvalue weighted by atomic mass is 16.3. The summed E-state index contributed by atoms with van der Waals surface area (Å²) in [4.78, 5) is 2.60. The molecular weight excluding hydrogens is 711 g/mol. The lowest BCUT2D eigenvalue weighted by atomic mass is 9.44. The van der Waals surface area contributed by atoms with Crippen LogP contribution in [0.25, 0.3) is 104 Å². The zero-order valence-corrected chi connectivity index (χ0v) is 32.1. The van der Waals surface area contributed by atoms with E-state index >= 15 is 0 Å². The van der Waals surface area contributed by atoms with Gasteiger partial charge < -0.3 is 22.6 Å². The van der Waals surface area contributed by atoms with Crippen molar-refractivity contribution < 1.29 is 13.3 Å². The summed E-state index contributed by atoms with van der Waals surface area (Å²) in [5.74, 6) is 0. The van der Waals surface area contributed by atoms with Gasteiger partial charge >= 0.3 is 6.85 Å². The normalized spacial score (nSPS) is 13.7. The van der Waals surface area contributed by atoms with Crippen molar-refractivity contribution >= 4 is 117 Å². The fourth-order valence-corrected chi connectivity index (χ4v) is 10.5. The Hall–Kier alpha value is -7.18. The highest BCUT2D eigenvalue weighted by Crippen LogP contribution is 2.49. The van der Waals surface area contributed by atoms with Crippen LogP contribution in [0, 0.1) is 0 Å². The summed E-state index contributed by atoms with van der Waals surface area (Å²) in [5.41, 5.74) is 17.4. The SMILES string of the molecule is CC(C)(C)c1ccc(N2B3c4cc5c(cc4-n4c6ccc7oc8ccccc8c7c6c6ccc(c3c64)-c3cc4oc6ccccc6c4cc32)oc2ccccc25)cc1. The summed E-state index contributed by atoms with van der Waals surface area (Å²) < 4.78 is 22.3. The van der Waals surface area contributed by atoms with Crippen molar-refractivity contribution in [3.8, 4) is 16.8 Å². The molecule has 0 atom stereocenters. The Morgan fingerprint density at radius 2 is 1.10 bits per heavy atom. The molecule has 0 saturated heterocycles. The van der Waals surface area contributed by atoms with E-state index < -0.39 is 0 Å². The van der Waals surface area contributed by atoms with Gasteiger partial charge in [0.05, 0.1) is 11.0 Å². The van der Waals surface area contributed by atoms with Crippen LogP contribution in [-0.4, -0.2) is 11.4 Å². The Bertz CT molecular complexity index is 3800. The summed E-state index contributed by atoms with van der Waals surface area (Å²) in [6.45, 7) is 6.69. The Labute approximate surface area is 332 Å². The van der Waals surface area contributed by atoms with Crippen molar-refractivity contribution in [1.82, 2.24) is 4.57 Å². The second kappa shape index (κ2) is 10.4. The van der Waals surface area contributed by atoms with Crippen LogP contribution in [0.1, 0.15) is 26.3 Å². The molecule has 14 rings (SSSR count). The summed E-state index contributed by atoms with van der Waals surface area (Å²) in [5, 5.41) is 9.17. The quantitative estimate of drug-likeness (QED) is 0.157. The van der Waals surface area contributed by atoms with Crippen molar-refractivity contribution in [1.29, 1.82) is 0 Å². The van der Waals surface area contributed by atoms with Gasteiger partial charge in [0.15, 0.2) is 0 Å². The lowest BCUT2D eigenvalue weighted by Gasteiger charge is -2.42. The number of para-hydroxylation sites is 3. The molecular formula is C52H33BN2O3. The number of furan rings is 3. The second-order valence-electron chi connectivity index (χ2n) is 17.2. The molecule has 8 aromatic carbocycles. The van der Waals surface area contributed by atoms with E-state index in [1.165, 1.54) is 38.3 Å². The van der Waals surface area contributed by atoms with Gasteiger partial charge in [0.1, 0.15) is 33.5 Å². The van der Waals surface area contributed by atoms with Gasteiger partial charge in [-0.1, -0.05) is 106 Å². The Morgan fingerprint density at radius 1 is 0.466 bits per heavy atom. The molecule has 2 aliphatic heterocycles. The van der Waals surface area contributed by atoms with Crippen LogP contribution in [0.15, 0.2) is 159 Å². The van der Waals surface area contributed by atoms with Crippen LogP contribution in [0.3, 0.4) is 0 Å². The maximum absolute atomic E-state index is 6.65. The second-order valence-corrected chi connectivity index (χ2v) is 17.2. The van der Waals surface area contributed by atoms with Crippen LogP contribution in [0.4, 0.5) is 11.4 Å². The minimum atomic E-state index is -0.149. The zero-order valence-electron chi connectivity index (χ0n) is 32.1. The number of fused-ring (bicyclic) bond motifs is 18. The van der Waals surface area contributed by atoms with Gasteiger partial charge in [0, 0.05) is 71.8 Å². The molecule has 0 fully saturated rings. The Morgan fingerprint density at radius 3 is 1.83 bits per heavy atom. The standard InChI is InChI=1S/C52H33BN2O3/c1-52(2,3)28-16-18-29(19-17-28)55-40-25-37-31-11-5-8-14-43(31)57-46(37)26-35(40)32-20-21-34-48-39(22-23-45-49(48)33-12-6-9-15-44(33)56-45)54-41-27-47-36(30-10-4-7-13-42(30)58-47)24-38(41)53(55)50(32)51(34)54/h4-27H,1-3H3. The third kappa shape index (κ3) is 3.78. The predicted octanol–water partition coefficient (Wildman–Crippen LogP) is 13.0. The first-order valence-corrected chi connectivity index (χ1v) is 20.1. The number of hydrogen-bond donors (Lipinski definition) is 0. The highest BCUT2D eigenvalue weighted by molar-refractivity contribution is 6.94. The van der Waals surface area contributed by atoms with Gasteiger partial charge in [-0.15, -0.1) is 0 Å². The third-order valence-corrected chi connectivity index (χ3v) is 13.1. The van der Waals surface area contributed by atoms with Gasteiger partial charge in [-0.3, -0.25) is 0 Å². The number of hydrogen-bond acceptors (Lipinski definition) is 4. The molecule has 0 saturated carbocycles. The van der Waals surface area contributed by atoms with Crippen molar-refractivity contribution in [2.45, 2.75) is 26.2 Å². The molecule has 6 heteroatoms. The first kappa shape index (κ1) is 31.0. The lowest BCUT2D eigenvalue weighted by Crippen LogP contribution is -2.60. The largest absolute Gasteiger partial charge is 0.456 e. The zero-order chi connectivity index (χ0) is 38.2. The molecule has 272 valence electrons. The number of nitrogens with zero attached hydrogens (tertiary/aromatic N) is 2. The van der Waals surface area contributed by atoms with E-state index in [4.69, 9.17) is 13.3 Å². The average molecular weight is 745 g/mol. The monoisotopic (exact) mass is 744 g/mol. The first-order chi connectivity index (χ1) is 28.4. The maximum atomic E-state index is 6.65. The molecule has 4 aromatic heterocycles. The van der Waals surface area contributed by atoms with Crippen LogP contribution >= 0.6 is 0 Å². The Balaban J connectivity index is 1.19. The maximum Gasteiger partial charge on any atom is 0.333 e. The van der Waals surface area contributed by atoms with Gasteiger partial charge in [0.2, 0.25) is 0 Å². The van der Waals surface area contributed by atoms with E-state index in [0.717, 1.165) is 94.0 Å². The average Bonchev–Trinajstić information content (AvgIpc) is 4.00. The summed E-state index contributed by atoms with van der Waals surface area (Å²) in [7, 11) is 0. The van der Waals surface area contributed by atoms with Crippen LogP contribution < -0.4 is 15.7 Å². The van der Waals surface area contributed by atoms with Crippen molar-refractivity contribution in [3.05, 3.63) is 151 Å². The van der Waals surface area contributed by atoms with Crippen LogP contribution in [0.2, 0.25) is 0 Å². The third-order valence-electron chi connectivity index (χ3n) is 13.1. The van der Waals surface area contributed by atoms with Gasteiger partial charge in [-0.2, -0.15) is 0 Å². The molecule has 0 aliphatic carbocycles. The van der Waals surface area contributed by atoms with E-state index in [9.17, 15) is 0 Å². The van der Waals surface area contributed by atoms with Gasteiger partial charge in [-0.05, 0) is 82.1 Å². The number of benzene rings is 8. The fraction of sp³-hybridized carbons (Fsp3) is 0.0769. The molecule has 0 unspecified atom stereocenters. The molecule has 2 aliphatic rings. The summed E-state index contributed by atoms with van der Waals surface area (Å²) >= 11 is 0. The number of rotatable bonds is 1. The molecule has 0 spiro atoms. The highest BCUT2D eigenvalue weighted by Gasteiger charge is 2.45. The molecule has 0 amide bonds. The molecule has 6 heterocycles. The summed E-state index contributed by atoms with van der Waals surface area (Å²) in [6.07, 6.45) is 0. The number of aromatic nitrogens is 1. The van der Waals surface area contributed by atoms with Crippen molar-refractivity contribution in [3.63, 3.8) is 0 Å². The van der Waals surface area contributed by atoms with Crippen molar-refractivity contribution in [2.24, 2.45) is 0 Å². The van der Waals surface area contributed by atoms with Crippen LogP contribution in [0.5, 0.6) is 0 Å². The van der Waals surface area contributed by atoms with E-state index in [2.05, 4.69) is 170 Å². The molecule has 0 N–H and O–H groups in total. The van der Waals surface area contributed by atoms with E-state index in [1.807, 2.05) is 6.07 Å². The van der Waals surface area contributed by atoms with E-state index in [-0.39, 0.29) is 12.3 Å². The van der Waals surface area contributed by atoms with Crippen LogP contribution in [-0.2, 0) is 5.41 Å². The van der Waals surface area contributed by atoms with Gasteiger partial charge in [0.25, 0.3) is 0 Å². The minimum absolute atomic E-state index is 0.0217. The summed E-state index contributed by atoms with van der Waals surface area (Å²) in [6, 6.07) is 53.0. The predicted molar refractivity (Wildman–Crippen MR) is 240 cm³/mol. The molecule has 0 radical (unpaired) electrons. The van der Waals surface area contributed by atoms with E-state index in [0.29, 0.717) is 0 Å². The number of anilines is 2. The molecule has 0 bridgehead atoms. The fourth-order valence-electron chi connectivity index (χ4n) is 10.5. The molecule has 5 nitrogen and oxygen atoms in total.